The number of halogens is 7. The van der Waals surface area contributed by atoms with Crippen LogP contribution in [0.5, 0.6) is 0 Å². The minimum atomic E-state index is -6.55. The number of hydrogen-bond acceptors (Lipinski definition) is 3. The van der Waals surface area contributed by atoms with Crippen LogP contribution in [0.15, 0.2) is 57.9 Å². The highest BCUT2D eigenvalue weighted by Gasteiger charge is 2.64. The van der Waals surface area contributed by atoms with Crippen LogP contribution in [0.1, 0.15) is 11.1 Å². The molecule has 1 aliphatic rings. The average Bonchev–Trinajstić information content (AvgIpc) is 2.90. The van der Waals surface area contributed by atoms with E-state index in [9.17, 15) is 34.8 Å². The molecule has 152 valence electrons. The molecule has 0 radical (unpaired) electrons. The van der Waals surface area contributed by atoms with Crippen LogP contribution in [0.25, 0.3) is 11.0 Å². The highest BCUT2D eigenvalue weighted by molar-refractivity contribution is 9.10. The van der Waals surface area contributed by atoms with E-state index in [1.807, 2.05) is 0 Å². The van der Waals surface area contributed by atoms with Gasteiger partial charge in [0.2, 0.25) is 0 Å². The van der Waals surface area contributed by atoms with Crippen LogP contribution in [0.3, 0.4) is 0 Å². The van der Waals surface area contributed by atoms with Crippen molar-refractivity contribution in [3.8, 4) is 0 Å². The summed E-state index contributed by atoms with van der Waals surface area (Å²) in [4.78, 5) is -1.34. The third-order valence-corrected chi connectivity index (χ3v) is 9.00. The molecule has 0 N–H and O–H groups in total. The number of hydrogen-bond donors (Lipinski definition) is 0. The van der Waals surface area contributed by atoms with E-state index in [4.69, 9.17) is 0 Å². The second-order valence-electron chi connectivity index (χ2n) is 5.52. The van der Waals surface area contributed by atoms with E-state index in [0.717, 1.165) is 12.1 Å². The number of rotatable bonds is 3. The van der Waals surface area contributed by atoms with Crippen LogP contribution in [0.4, 0.5) is 26.3 Å². The first kappa shape index (κ1) is 21.2. The van der Waals surface area contributed by atoms with E-state index >= 15 is 0 Å². The van der Waals surface area contributed by atoms with Crippen molar-refractivity contribution in [1.82, 2.24) is 0 Å². The molecule has 12 heteroatoms. The van der Waals surface area contributed by atoms with Crippen molar-refractivity contribution in [1.29, 1.82) is 0 Å². The molecular weight excluding hydrogens is 498 g/mol. The lowest BCUT2D eigenvalue weighted by Crippen LogP contribution is -2.32. The van der Waals surface area contributed by atoms with Gasteiger partial charge in [-0.1, -0.05) is 46.3 Å². The highest BCUT2D eigenvalue weighted by atomic mass is 79.9. The number of benzene rings is 2. The molecule has 0 aliphatic carbocycles. The monoisotopic (exact) mass is 506 g/mol. The fourth-order valence-electron chi connectivity index (χ4n) is 2.60. The molecule has 1 unspecified atom stereocenters. The molecule has 0 saturated carbocycles. The highest BCUT2D eigenvalue weighted by Crippen LogP contribution is 2.80. The quantitative estimate of drug-likeness (QED) is 0.356. The summed E-state index contributed by atoms with van der Waals surface area (Å²) in [7, 11) is -11.6. The summed E-state index contributed by atoms with van der Waals surface area (Å²) in [5.74, 6) is 0. The Labute approximate surface area is 165 Å². The van der Waals surface area contributed by atoms with Crippen molar-refractivity contribution < 1.29 is 38.4 Å². The lowest BCUT2D eigenvalue weighted by Gasteiger charge is -2.39. The van der Waals surface area contributed by atoms with Gasteiger partial charge in [-0.05, 0) is 35.4 Å². The van der Waals surface area contributed by atoms with E-state index in [1.165, 1.54) is 42.5 Å². The standard InChI is InChI=1S/C16H9BrF6O3S2/c17-12-7-5-10(6-8-12)14-9-11-3-1-2-4-13(11)27(14,15(18,19)20)26-28(24,25)16(21,22)23/h1-9H. The summed E-state index contributed by atoms with van der Waals surface area (Å²) >= 11 is 3.11. The van der Waals surface area contributed by atoms with E-state index in [1.54, 1.807) is 0 Å². The van der Waals surface area contributed by atoms with Gasteiger partial charge in [0.1, 0.15) is 0 Å². The number of fused-ring (bicyclic) bond motifs is 1. The Balaban J connectivity index is 2.33. The Bertz CT molecular complexity index is 1050. The van der Waals surface area contributed by atoms with Gasteiger partial charge >= 0.3 is 21.1 Å². The molecule has 2 aromatic rings. The normalized spacial score (nSPS) is 22.3. The lowest BCUT2D eigenvalue weighted by atomic mass is 10.1. The van der Waals surface area contributed by atoms with Gasteiger partial charge in [0.05, 0.1) is 0 Å². The van der Waals surface area contributed by atoms with Crippen LogP contribution in [0.2, 0.25) is 0 Å². The second-order valence-corrected chi connectivity index (χ2v) is 10.8. The summed E-state index contributed by atoms with van der Waals surface area (Å²) in [6.07, 6.45) is 1.01. The van der Waals surface area contributed by atoms with Gasteiger partial charge in [-0.15, -0.1) is 0 Å². The second kappa shape index (κ2) is 6.78. The van der Waals surface area contributed by atoms with Crippen molar-refractivity contribution in [3.63, 3.8) is 0 Å². The molecule has 3 rings (SSSR count). The van der Waals surface area contributed by atoms with Crippen molar-refractivity contribution in [3.05, 3.63) is 64.1 Å². The minimum Gasteiger partial charge on any atom is -0.196 e. The van der Waals surface area contributed by atoms with Gasteiger partial charge in [-0.25, -0.2) is 0 Å². The lowest BCUT2D eigenvalue weighted by molar-refractivity contribution is -0.0543. The summed E-state index contributed by atoms with van der Waals surface area (Å²) in [5, 5.41) is 0. The average molecular weight is 507 g/mol. The van der Waals surface area contributed by atoms with Crippen molar-refractivity contribution >= 4 is 47.3 Å². The van der Waals surface area contributed by atoms with Crippen molar-refractivity contribution in [2.75, 3.05) is 0 Å². The Morgan fingerprint density at radius 3 is 2.00 bits per heavy atom. The third kappa shape index (κ3) is 3.36. The van der Waals surface area contributed by atoms with Crippen LogP contribution in [0, 0.1) is 0 Å². The zero-order valence-corrected chi connectivity index (χ0v) is 16.6. The van der Waals surface area contributed by atoms with E-state index in [0.29, 0.717) is 4.47 Å². The first-order valence-corrected chi connectivity index (χ1v) is 11.0. The SMILES string of the molecule is O=S(=O)(OS1(C(F)(F)F)C(c2ccc(Br)cc2)=Cc2ccccc21)C(F)(F)F. The molecule has 28 heavy (non-hydrogen) atoms. The molecular formula is C16H9BrF6O3S2. The van der Waals surface area contributed by atoms with Gasteiger partial charge in [-0.2, -0.15) is 38.4 Å². The predicted molar refractivity (Wildman–Crippen MR) is 96.4 cm³/mol. The Kier molecular flexibility index (Phi) is 5.14. The fraction of sp³-hybridized carbons (Fsp3) is 0.125. The maximum Gasteiger partial charge on any atom is 0.523 e. The molecule has 0 saturated heterocycles. The summed E-state index contributed by atoms with van der Waals surface area (Å²) in [5.41, 5.74) is -11.6. The van der Waals surface area contributed by atoms with Crippen molar-refractivity contribution in [2.24, 2.45) is 0 Å². The Morgan fingerprint density at radius 1 is 0.893 bits per heavy atom. The van der Waals surface area contributed by atoms with Gasteiger partial charge in [0.15, 0.2) is 0 Å². The maximum absolute atomic E-state index is 14.3. The zero-order valence-electron chi connectivity index (χ0n) is 13.4. The van der Waals surface area contributed by atoms with Crippen molar-refractivity contribution in [2.45, 2.75) is 15.9 Å². The molecule has 0 fully saturated rings. The van der Waals surface area contributed by atoms with Crippen LogP contribution in [-0.4, -0.2) is 19.4 Å². The fourth-order valence-corrected chi connectivity index (χ4v) is 7.37. The molecule has 0 bridgehead atoms. The van der Waals surface area contributed by atoms with Crippen LogP contribution < -0.4 is 0 Å². The van der Waals surface area contributed by atoms with Gasteiger partial charge in [0.25, 0.3) is 0 Å². The topological polar surface area (TPSA) is 43.4 Å². The van der Waals surface area contributed by atoms with E-state index < -0.39 is 41.2 Å². The van der Waals surface area contributed by atoms with Crippen LogP contribution in [-0.2, 0) is 13.7 Å². The molecule has 3 nitrogen and oxygen atoms in total. The van der Waals surface area contributed by atoms with Gasteiger partial charge < -0.3 is 0 Å². The van der Waals surface area contributed by atoms with E-state index in [2.05, 4.69) is 19.6 Å². The molecule has 2 aromatic carbocycles. The zero-order chi connectivity index (χ0) is 21.0. The predicted octanol–water partition coefficient (Wildman–Crippen LogP) is 6.43. The maximum atomic E-state index is 14.3. The summed E-state index contributed by atoms with van der Waals surface area (Å²) < 4.78 is 109. The first-order valence-electron chi connectivity index (χ1n) is 7.28. The summed E-state index contributed by atoms with van der Waals surface area (Å²) in [6.45, 7) is 0. The molecule has 0 spiro atoms. The smallest absolute Gasteiger partial charge is 0.196 e. The Hall–Kier alpha value is -1.50. The van der Waals surface area contributed by atoms with Crippen LogP contribution >= 0.6 is 26.2 Å². The molecule has 1 atom stereocenters. The molecule has 0 amide bonds. The number of alkyl halides is 6. The first-order chi connectivity index (χ1) is 12.8. The van der Waals surface area contributed by atoms with Gasteiger partial charge in [0, 0.05) is 24.6 Å². The van der Waals surface area contributed by atoms with Gasteiger partial charge in [-0.3, -0.25) is 0 Å². The molecule has 0 aromatic heterocycles. The Morgan fingerprint density at radius 2 is 1.46 bits per heavy atom. The molecule has 1 aliphatic heterocycles. The largest absolute Gasteiger partial charge is 0.523 e. The minimum absolute atomic E-state index is 0.0647. The summed E-state index contributed by atoms with van der Waals surface area (Å²) in [6, 6.07) is 9.98. The third-order valence-electron chi connectivity index (χ3n) is 3.75. The van der Waals surface area contributed by atoms with E-state index in [-0.39, 0.29) is 11.1 Å². The molecule has 1 heterocycles.